The first-order valence-corrected chi connectivity index (χ1v) is 7.47. The Bertz CT molecular complexity index is 669. The summed E-state index contributed by atoms with van der Waals surface area (Å²) < 4.78 is 0. The monoisotopic (exact) mass is 298 g/mol. The standard InChI is InChI=1S/C17H22N4O/c1-5-13(4)19-16(22)15-8-9-18-17(21-15)20-14-7-6-11(2)10-12(14)3/h6-10,13H,5H2,1-4H3,(H,19,22)(H,18,20,21). The number of anilines is 2. The number of hydrogen-bond acceptors (Lipinski definition) is 4. The molecule has 0 aliphatic carbocycles. The largest absolute Gasteiger partial charge is 0.348 e. The third-order valence-electron chi connectivity index (χ3n) is 3.51. The third kappa shape index (κ3) is 4.04. The molecule has 22 heavy (non-hydrogen) atoms. The lowest BCUT2D eigenvalue weighted by atomic mass is 10.1. The zero-order valence-electron chi connectivity index (χ0n) is 13.5. The minimum atomic E-state index is -0.180. The van der Waals surface area contributed by atoms with E-state index in [1.165, 1.54) is 5.56 Å². The maximum Gasteiger partial charge on any atom is 0.270 e. The summed E-state index contributed by atoms with van der Waals surface area (Å²) in [5.74, 6) is 0.240. The number of aromatic nitrogens is 2. The van der Waals surface area contributed by atoms with Crippen LogP contribution in [0, 0.1) is 13.8 Å². The molecule has 116 valence electrons. The molecule has 2 rings (SSSR count). The summed E-state index contributed by atoms with van der Waals surface area (Å²) in [6, 6.07) is 7.83. The van der Waals surface area contributed by atoms with Crippen LogP contribution < -0.4 is 10.6 Å². The molecule has 1 aromatic carbocycles. The predicted octanol–water partition coefficient (Wildman–Crippen LogP) is 3.37. The first-order chi connectivity index (χ1) is 10.5. The third-order valence-corrected chi connectivity index (χ3v) is 3.51. The van der Waals surface area contributed by atoms with Gasteiger partial charge in [0.05, 0.1) is 0 Å². The van der Waals surface area contributed by atoms with Crippen molar-refractivity contribution in [3.05, 3.63) is 47.3 Å². The second kappa shape index (κ2) is 7.02. The molecule has 0 saturated carbocycles. The average molecular weight is 298 g/mol. The molecule has 2 aromatic rings. The average Bonchev–Trinajstić information content (AvgIpc) is 2.50. The van der Waals surface area contributed by atoms with Crippen LogP contribution >= 0.6 is 0 Å². The predicted molar refractivity (Wildman–Crippen MR) is 88.4 cm³/mol. The Kier molecular flexibility index (Phi) is 5.09. The van der Waals surface area contributed by atoms with Crippen molar-refractivity contribution in [2.24, 2.45) is 0 Å². The van der Waals surface area contributed by atoms with Crippen LogP contribution in [0.2, 0.25) is 0 Å². The topological polar surface area (TPSA) is 66.9 Å². The number of benzene rings is 1. The van der Waals surface area contributed by atoms with Crippen molar-refractivity contribution < 1.29 is 4.79 Å². The van der Waals surface area contributed by atoms with E-state index in [-0.39, 0.29) is 11.9 Å². The van der Waals surface area contributed by atoms with Crippen molar-refractivity contribution in [3.63, 3.8) is 0 Å². The number of carbonyl (C=O) groups is 1. The number of nitrogens with one attached hydrogen (secondary N) is 2. The van der Waals surface area contributed by atoms with Gasteiger partial charge in [-0.05, 0) is 44.9 Å². The zero-order valence-corrected chi connectivity index (χ0v) is 13.5. The van der Waals surface area contributed by atoms with Gasteiger partial charge in [-0.1, -0.05) is 24.6 Å². The summed E-state index contributed by atoms with van der Waals surface area (Å²) in [6.07, 6.45) is 2.47. The Morgan fingerprint density at radius 2 is 2.05 bits per heavy atom. The van der Waals surface area contributed by atoms with Crippen LogP contribution in [-0.4, -0.2) is 21.9 Å². The van der Waals surface area contributed by atoms with Crippen LogP contribution in [0.1, 0.15) is 41.9 Å². The van der Waals surface area contributed by atoms with E-state index in [0.29, 0.717) is 11.6 Å². The van der Waals surface area contributed by atoms with Gasteiger partial charge in [0.2, 0.25) is 5.95 Å². The molecule has 1 unspecified atom stereocenters. The number of carbonyl (C=O) groups excluding carboxylic acids is 1. The van der Waals surface area contributed by atoms with Gasteiger partial charge in [-0.3, -0.25) is 4.79 Å². The molecule has 1 amide bonds. The SMILES string of the molecule is CCC(C)NC(=O)c1ccnc(Nc2ccc(C)cc2C)n1. The van der Waals surface area contributed by atoms with Crippen LogP contribution in [-0.2, 0) is 0 Å². The van der Waals surface area contributed by atoms with E-state index in [2.05, 4.69) is 26.7 Å². The highest BCUT2D eigenvalue weighted by atomic mass is 16.1. The molecule has 0 spiro atoms. The summed E-state index contributed by atoms with van der Waals surface area (Å²) in [4.78, 5) is 20.6. The number of rotatable bonds is 5. The minimum absolute atomic E-state index is 0.123. The molecule has 1 aromatic heterocycles. The zero-order chi connectivity index (χ0) is 16.1. The molecule has 1 heterocycles. The highest BCUT2D eigenvalue weighted by molar-refractivity contribution is 5.92. The van der Waals surface area contributed by atoms with Gasteiger partial charge < -0.3 is 10.6 Å². The van der Waals surface area contributed by atoms with E-state index in [1.807, 2.05) is 39.8 Å². The van der Waals surface area contributed by atoms with Gasteiger partial charge in [0, 0.05) is 17.9 Å². The second-order valence-corrected chi connectivity index (χ2v) is 5.49. The Morgan fingerprint density at radius 3 is 2.73 bits per heavy atom. The molecule has 0 radical (unpaired) electrons. The minimum Gasteiger partial charge on any atom is -0.348 e. The molecule has 0 aliphatic rings. The molecular formula is C17H22N4O. The first kappa shape index (κ1) is 15.9. The van der Waals surface area contributed by atoms with E-state index in [9.17, 15) is 4.79 Å². The van der Waals surface area contributed by atoms with Crippen molar-refractivity contribution in [1.29, 1.82) is 0 Å². The van der Waals surface area contributed by atoms with Gasteiger partial charge in [-0.25, -0.2) is 9.97 Å². The van der Waals surface area contributed by atoms with Crippen LogP contribution in [0.4, 0.5) is 11.6 Å². The van der Waals surface area contributed by atoms with Crippen LogP contribution in [0.5, 0.6) is 0 Å². The van der Waals surface area contributed by atoms with Crippen molar-refractivity contribution in [2.75, 3.05) is 5.32 Å². The second-order valence-electron chi connectivity index (χ2n) is 5.49. The molecule has 5 nitrogen and oxygen atoms in total. The lowest BCUT2D eigenvalue weighted by Crippen LogP contribution is -2.32. The fourth-order valence-corrected chi connectivity index (χ4v) is 2.02. The molecule has 2 N–H and O–H groups in total. The smallest absolute Gasteiger partial charge is 0.270 e. The highest BCUT2D eigenvalue weighted by Gasteiger charge is 2.11. The number of amides is 1. The first-order valence-electron chi connectivity index (χ1n) is 7.47. The van der Waals surface area contributed by atoms with Gasteiger partial charge in [-0.15, -0.1) is 0 Å². The summed E-state index contributed by atoms with van der Waals surface area (Å²) >= 11 is 0. The summed E-state index contributed by atoms with van der Waals surface area (Å²) in [5.41, 5.74) is 3.61. The Labute approximate surface area is 131 Å². The van der Waals surface area contributed by atoms with Crippen LogP contribution in [0.25, 0.3) is 0 Å². The molecule has 0 bridgehead atoms. The number of aryl methyl sites for hydroxylation is 2. The normalized spacial score (nSPS) is 11.8. The molecule has 0 fully saturated rings. The quantitative estimate of drug-likeness (QED) is 0.888. The van der Waals surface area contributed by atoms with E-state index >= 15 is 0 Å². The van der Waals surface area contributed by atoms with Gasteiger partial charge in [0.25, 0.3) is 5.91 Å². The summed E-state index contributed by atoms with van der Waals surface area (Å²) in [6.45, 7) is 8.06. The van der Waals surface area contributed by atoms with E-state index in [4.69, 9.17) is 0 Å². The highest BCUT2D eigenvalue weighted by Crippen LogP contribution is 2.19. The van der Waals surface area contributed by atoms with Gasteiger partial charge >= 0.3 is 0 Å². The molecule has 0 aliphatic heterocycles. The van der Waals surface area contributed by atoms with Gasteiger partial charge in [0.15, 0.2) is 0 Å². The number of hydrogen-bond donors (Lipinski definition) is 2. The van der Waals surface area contributed by atoms with Gasteiger partial charge in [0.1, 0.15) is 5.69 Å². The molecule has 0 saturated heterocycles. The van der Waals surface area contributed by atoms with Crippen LogP contribution in [0.3, 0.4) is 0 Å². The maximum atomic E-state index is 12.1. The molecular weight excluding hydrogens is 276 g/mol. The molecule has 5 heteroatoms. The van der Waals surface area contributed by atoms with Crippen molar-refractivity contribution in [1.82, 2.24) is 15.3 Å². The van der Waals surface area contributed by atoms with Crippen molar-refractivity contribution in [2.45, 2.75) is 40.2 Å². The van der Waals surface area contributed by atoms with Gasteiger partial charge in [-0.2, -0.15) is 0 Å². The fraction of sp³-hybridized carbons (Fsp3) is 0.353. The Hall–Kier alpha value is -2.43. The van der Waals surface area contributed by atoms with E-state index in [1.54, 1.807) is 12.3 Å². The number of nitrogens with zero attached hydrogens (tertiary/aromatic N) is 2. The molecule has 1 atom stereocenters. The fourth-order valence-electron chi connectivity index (χ4n) is 2.02. The Balaban J connectivity index is 2.16. The van der Waals surface area contributed by atoms with Crippen LogP contribution in [0.15, 0.2) is 30.5 Å². The lowest BCUT2D eigenvalue weighted by molar-refractivity contribution is 0.0934. The lowest BCUT2D eigenvalue weighted by Gasteiger charge is -2.12. The summed E-state index contributed by atoms with van der Waals surface area (Å²) in [5, 5.41) is 6.06. The van der Waals surface area contributed by atoms with Crippen molar-refractivity contribution in [3.8, 4) is 0 Å². The van der Waals surface area contributed by atoms with E-state index < -0.39 is 0 Å². The van der Waals surface area contributed by atoms with E-state index in [0.717, 1.165) is 17.7 Å². The maximum absolute atomic E-state index is 12.1. The van der Waals surface area contributed by atoms with Crippen molar-refractivity contribution >= 4 is 17.5 Å². The Morgan fingerprint density at radius 1 is 1.27 bits per heavy atom. The summed E-state index contributed by atoms with van der Waals surface area (Å²) in [7, 11) is 0.